The van der Waals surface area contributed by atoms with E-state index in [0.29, 0.717) is 0 Å². The Hall–Kier alpha value is -1.28. The molecule has 14 heavy (non-hydrogen) atoms. The van der Waals surface area contributed by atoms with Gasteiger partial charge in [0.05, 0.1) is 0 Å². The van der Waals surface area contributed by atoms with Crippen molar-refractivity contribution in [2.45, 2.75) is 19.4 Å². The summed E-state index contributed by atoms with van der Waals surface area (Å²) in [4.78, 5) is 0. The smallest absolute Gasteiger partial charge is 0.0480 e. The van der Waals surface area contributed by atoms with Gasteiger partial charge in [0.1, 0.15) is 0 Å². The van der Waals surface area contributed by atoms with Crippen LogP contribution in [0.2, 0.25) is 0 Å². The van der Waals surface area contributed by atoms with E-state index in [1.807, 2.05) is 6.92 Å². The number of nitrogens with zero attached hydrogens (tertiary/aromatic N) is 1. The van der Waals surface area contributed by atoms with Crippen LogP contribution in [0.5, 0.6) is 0 Å². The summed E-state index contributed by atoms with van der Waals surface area (Å²) in [5, 5.41) is 1.29. The van der Waals surface area contributed by atoms with Gasteiger partial charge in [-0.2, -0.15) is 0 Å². The van der Waals surface area contributed by atoms with Crippen LogP contribution in [-0.2, 0) is 13.5 Å². The first-order valence-electron chi connectivity index (χ1n) is 4.96. The lowest BCUT2D eigenvalue weighted by Gasteiger charge is -2.05. The van der Waals surface area contributed by atoms with Crippen LogP contribution in [0.1, 0.15) is 12.5 Å². The molecule has 2 rings (SSSR count). The van der Waals surface area contributed by atoms with Gasteiger partial charge in [-0.15, -0.1) is 0 Å². The Balaban J connectivity index is 2.44. The van der Waals surface area contributed by atoms with E-state index in [0.717, 1.165) is 6.42 Å². The van der Waals surface area contributed by atoms with Gasteiger partial charge in [0.15, 0.2) is 0 Å². The van der Waals surface area contributed by atoms with Crippen LogP contribution in [0.4, 0.5) is 0 Å². The Labute approximate surface area is 84.3 Å². The summed E-state index contributed by atoms with van der Waals surface area (Å²) in [6.07, 6.45) is 3.03. The van der Waals surface area contributed by atoms with E-state index in [1.54, 1.807) is 0 Å². The molecular weight excluding hydrogens is 172 g/mol. The summed E-state index contributed by atoms with van der Waals surface area (Å²) in [6, 6.07) is 8.90. The van der Waals surface area contributed by atoms with Crippen molar-refractivity contribution in [3.8, 4) is 0 Å². The average molecular weight is 188 g/mol. The zero-order chi connectivity index (χ0) is 10.1. The van der Waals surface area contributed by atoms with Crippen molar-refractivity contribution in [3.05, 3.63) is 36.0 Å². The maximum Gasteiger partial charge on any atom is 0.0480 e. The van der Waals surface area contributed by atoms with Crippen molar-refractivity contribution in [3.63, 3.8) is 0 Å². The lowest BCUT2D eigenvalue weighted by molar-refractivity contribution is 0.738. The summed E-state index contributed by atoms with van der Waals surface area (Å²) < 4.78 is 2.14. The molecule has 1 heterocycles. The lowest BCUT2D eigenvalue weighted by Crippen LogP contribution is -2.17. The minimum absolute atomic E-state index is 0.229. The van der Waals surface area contributed by atoms with Crippen molar-refractivity contribution < 1.29 is 0 Å². The Kier molecular flexibility index (Phi) is 2.30. The van der Waals surface area contributed by atoms with Crippen LogP contribution in [-0.4, -0.2) is 10.6 Å². The van der Waals surface area contributed by atoms with Crippen molar-refractivity contribution in [1.82, 2.24) is 4.57 Å². The number of fused-ring (bicyclic) bond motifs is 1. The molecule has 0 spiro atoms. The first-order valence-corrected chi connectivity index (χ1v) is 4.96. The Morgan fingerprint density at radius 3 is 2.86 bits per heavy atom. The van der Waals surface area contributed by atoms with Crippen LogP contribution in [0.3, 0.4) is 0 Å². The summed E-state index contributed by atoms with van der Waals surface area (Å²) in [6.45, 7) is 2.04. The minimum Gasteiger partial charge on any atom is -0.351 e. The van der Waals surface area contributed by atoms with E-state index >= 15 is 0 Å². The normalized spacial score (nSPS) is 13.4. The molecule has 1 aromatic heterocycles. The molecular formula is C12H16N2. The zero-order valence-corrected chi connectivity index (χ0v) is 8.70. The molecule has 0 amide bonds. The van der Waals surface area contributed by atoms with Crippen LogP contribution in [0, 0.1) is 0 Å². The summed E-state index contributed by atoms with van der Waals surface area (Å²) in [7, 11) is 2.07. The molecule has 1 atom stereocenters. The second kappa shape index (κ2) is 3.46. The SMILES string of the molecule is CC(N)Cc1ccc2ccn(C)c2c1. The highest BCUT2D eigenvalue weighted by molar-refractivity contribution is 5.80. The molecule has 0 aliphatic carbocycles. The van der Waals surface area contributed by atoms with E-state index in [2.05, 4.69) is 42.1 Å². The zero-order valence-electron chi connectivity index (χ0n) is 8.70. The first kappa shape index (κ1) is 9.28. The van der Waals surface area contributed by atoms with Crippen molar-refractivity contribution in [2.75, 3.05) is 0 Å². The number of aryl methyl sites for hydroxylation is 1. The Bertz CT molecular complexity index is 441. The van der Waals surface area contributed by atoms with Gasteiger partial charge in [0.25, 0.3) is 0 Å². The number of nitrogens with two attached hydrogens (primary N) is 1. The standard InChI is InChI=1S/C12H16N2/c1-9(13)7-10-3-4-11-5-6-14(2)12(11)8-10/h3-6,8-9H,7,13H2,1-2H3. The molecule has 0 aliphatic rings. The highest BCUT2D eigenvalue weighted by atomic mass is 14.9. The minimum atomic E-state index is 0.229. The number of rotatable bonds is 2. The van der Waals surface area contributed by atoms with Crippen LogP contribution >= 0.6 is 0 Å². The van der Waals surface area contributed by atoms with Crippen molar-refractivity contribution in [1.29, 1.82) is 0 Å². The van der Waals surface area contributed by atoms with E-state index in [4.69, 9.17) is 5.73 Å². The highest BCUT2D eigenvalue weighted by Gasteiger charge is 2.01. The van der Waals surface area contributed by atoms with E-state index in [9.17, 15) is 0 Å². The molecule has 0 saturated heterocycles. The third kappa shape index (κ3) is 1.66. The van der Waals surface area contributed by atoms with Gasteiger partial charge in [-0.25, -0.2) is 0 Å². The molecule has 2 N–H and O–H groups in total. The van der Waals surface area contributed by atoms with Crippen LogP contribution in [0.15, 0.2) is 30.5 Å². The van der Waals surface area contributed by atoms with Crippen LogP contribution < -0.4 is 5.73 Å². The van der Waals surface area contributed by atoms with Gasteiger partial charge in [-0.1, -0.05) is 12.1 Å². The Morgan fingerprint density at radius 2 is 2.14 bits per heavy atom. The molecule has 2 nitrogen and oxygen atoms in total. The third-order valence-electron chi connectivity index (χ3n) is 2.51. The van der Waals surface area contributed by atoms with Gasteiger partial charge in [0.2, 0.25) is 0 Å². The van der Waals surface area contributed by atoms with Gasteiger partial charge >= 0.3 is 0 Å². The highest BCUT2D eigenvalue weighted by Crippen LogP contribution is 2.17. The predicted molar refractivity (Wildman–Crippen MR) is 60.3 cm³/mol. The molecule has 2 aromatic rings. The molecule has 74 valence electrons. The van der Waals surface area contributed by atoms with Gasteiger partial charge < -0.3 is 10.3 Å². The van der Waals surface area contributed by atoms with E-state index < -0.39 is 0 Å². The summed E-state index contributed by atoms with van der Waals surface area (Å²) in [5.41, 5.74) is 8.37. The fourth-order valence-electron chi connectivity index (χ4n) is 1.81. The largest absolute Gasteiger partial charge is 0.351 e. The molecule has 0 aliphatic heterocycles. The second-order valence-electron chi connectivity index (χ2n) is 4.00. The maximum atomic E-state index is 5.78. The molecule has 0 fully saturated rings. The molecule has 2 heteroatoms. The summed E-state index contributed by atoms with van der Waals surface area (Å²) in [5.74, 6) is 0. The number of aromatic nitrogens is 1. The average Bonchev–Trinajstić information content (AvgIpc) is 2.47. The predicted octanol–water partition coefficient (Wildman–Crippen LogP) is 2.07. The molecule has 0 bridgehead atoms. The van der Waals surface area contributed by atoms with E-state index in [-0.39, 0.29) is 6.04 Å². The monoisotopic (exact) mass is 188 g/mol. The molecule has 0 radical (unpaired) electrons. The van der Waals surface area contributed by atoms with Gasteiger partial charge in [0, 0.05) is 24.8 Å². The Morgan fingerprint density at radius 1 is 1.36 bits per heavy atom. The fourth-order valence-corrected chi connectivity index (χ4v) is 1.81. The van der Waals surface area contributed by atoms with Crippen LogP contribution in [0.25, 0.3) is 10.9 Å². The van der Waals surface area contributed by atoms with Crippen molar-refractivity contribution in [2.24, 2.45) is 12.8 Å². The number of benzene rings is 1. The maximum absolute atomic E-state index is 5.78. The molecule has 1 unspecified atom stereocenters. The van der Waals surface area contributed by atoms with E-state index in [1.165, 1.54) is 16.5 Å². The number of hydrogen-bond acceptors (Lipinski definition) is 1. The lowest BCUT2D eigenvalue weighted by atomic mass is 10.1. The fraction of sp³-hybridized carbons (Fsp3) is 0.333. The second-order valence-corrected chi connectivity index (χ2v) is 4.00. The number of hydrogen-bond donors (Lipinski definition) is 1. The summed E-state index contributed by atoms with van der Waals surface area (Å²) >= 11 is 0. The topological polar surface area (TPSA) is 30.9 Å². The molecule has 1 aromatic carbocycles. The van der Waals surface area contributed by atoms with Crippen molar-refractivity contribution >= 4 is 10.9 Å². The van der Waals surface area contributed by atoms with Gasteiger partial charge in [-0.3, -0.25) is 0 Å². The third-order valence-corrected chi connectivity index (χ3v) is 2.51. The van der Waals surface area contributed by atoms with Gasteiger partial charge in [-0.05, 0) is 36.4 Å². The quantitative estimate of drug-likeness (QED) is 0.768. The first-order chi connectivity index (χ1) is 6.66. The molecule has 0 saturated carbocycles.